The Morgan fingerprint density at radius 1 is 0.972 bits per heavy atom. The van der Waals surface area contributed by atoms with E-state index in [9.17, 15) is 14.0 Å². The minimum Gasteiger partial charge on any atom is -0.332 e. The fourth-order valence-electron chi connectivity index (χ4n) is 4.17. The summed E-state index contributed by atoms with van der Waals surface area (Å²) in [7, 11) is 0. The molecule has 3 amide bonds. The molecule has 9 heteroatoms. The van der Waals surface area contributed by atoms with Crippen LogP contribution in [0.15, 0.2) is 70.5 Å². The van der Waals surface area contributed by atoms with E-state index in [1.807, 2.05) is 41.8 Å². The van der Waals surface area contributed by atoms with Gasteiger partial charge in [0.05, 0.1) is 12.2 Å². The van der Waals surface area contributed by atoms with Gasteiger partial charge in [-0.05, 0) is 83.1 Å². The Bertz CT molecular complexity index is 1140. The third kappa shape index (κ3) is 7.62. The highest BCUT2D eigenvalue weighted by atomic mass is 79.9. The van der Waals surface area contributed by atoms with Gasteiger partial charge in [0.1, 0.15) is 12.4 Å². The topological polar surface area (TPSA) is 55.9 Å². The fraction of sp³-hybridized carbons (Fsp3) is 0.333. The zero-order valence-electron chi connectivity index (χ0n) is 20.0. The Morgan fingerprint density at radius 2 is 1.72 bits per heavy atom. The second-order valence-corrected chi connectivity index (χ2v) is 10.7. The molecule has 0 atom stereocenters. The summed E-state index contributed by atoms with van der Waals surface area (Å²) < 4.78 is 14.2. The van der Waals surface area contributed by atoms with Gasteiger partial charge in [0.15, 0.2) is 0 Å². The van der Waals surface area contributed by atoms with Crippen molar-refractivity contribution in [2.75, 3.05) is 38.0 Å². The number of anilines is 1. The molecule has 2 aromatic carbocycles. The molecule has 2 heterocycles. The van der Waals surface area contributed by atoms with Crippen LogP contribution in [-0.2, 0) is 17.9 Å². The summed E-state index contributed by atoms with van der Waals surface area (Å²) in [5.74, 6) is -0.469. The number of para-hydroxylation sites is 1. The van der Waals surface area contributed by atoms with Crippen LogP contribution < -0.4 is 5.32 Å². The van der Waals surface area contributed by atoms with Gasteiger partial charge in [-0.25, -0.2) is 9.18 Å². The zero-order valence-corrected chi connectivity index (χ0v) is 22.4. The Labute approximate surface area is 223 Å². The summed E-state index contributed by atoms with van der Waals surface area (Å²) in [5.41, 5.74) is 1.49. The molecule has 1 N–H and O–H groups in total. The van der Waals surface area contributed by atoms with E-state index in [0.29, 0.717) is 25.3 Å². The summed E-state index contributed by atoms with van der Waals surface area (Å²) in [6.45, 7) is 3.93. The average molecular weight is 574 g/mol. The van der Waals surface area contributed by atoms with Crippen LogP contribution in [-0.4, -0.2) is 59.4 Å². The number of urea groups is 1. The smallest absolute Gasteiger partial charge is 0.322 e. The van der Waals surface area contributed by atoms with Gasteiger partial charge in [0.2, 0.25) is 5.91 Å². The van der Waals surface area contributed by atoms with Gasteiger partial charge in [-0.15, -0.1) is 11.3 Å². The summed E-state index contributed by atoms with van der Waals surface area (Å²) in [6.07, 6.45) is 2.32. The molecule has 4 rings (SSSR count). The van der Waals surface area contributed by atoms with E-state index in [4.69, 9.17) is 0 Å². The molecule has 36 heavy (non-hydrogen) atoms. The number of halogens is 2. The van der Waals surface area contributed by atoms with E-state index in [2.05, 4.69) is 26.1 Å². The van der Waals surface area contributed by atoms with Crippen molar-refractivity contribution in [2.45, 2.75) is 25.9 Å². The van der Waals surface area contributed by atoms with Gasteiger partial charge in [-0.2, -0.15) is 0 Å². The van der Waals surface area contributed by atoms with Gasteiger partial charge in [-0.3, -0.25) is 4.79 Å². The van der Waals surface area contributed by atoms with Crippen LogP contribution in [0.2, 0.25) is 0 Å². The Kier molecular flexibility index (Phi) is 9.49. The van der Waals surface area contributed by atoms with E-state index < -0.39 is 0 Å². The van der Waals surface area contributed by atoms with E-state index >= 15 is 0 Å². The fourth-order valence-corrected chi connectivity index (χ4v) is 5.28. The number of rotatable bonds is 10. The van der Waals surface area contributed by atoms with Crippen LogP contribution in [0.5, 0.6) is 0 Å². The predicted octanol–water partition coefficient (Wildman–Crippen LogP) is 5.81. The summed E-state index contributed by atoms with van der Waals surface area (Å²) in [5, 5.41) is 4.92. The second-order valence-electron chi connectivity index (χ2n) is 8.84. The minimum absolute atomic E-state index is 0.0449. The maximum absolute atomic E-state index is 13.6. The largest absolute Gasteiger partial charge is 0.332 e. The normalized spacial score (nSPS) is 13.5. The lowest BCUT2D eigenvalue weighted by Crippen LogP contribution is -2.46. The number of hydrogen-bond acceptors (Lipinski definition) is 4. The summed E-state index contributed by atoms with van der Waals surface area (Å²) in [6, 6.07) is 17.2. The van der Waals surface area contributed by atoms with Gasteiger partial charge < -0.3 is 20.0 Å². The van der Waals surface area contributed by atoms with Crippen LogP contribution >= 0.6 is 27.3 Å². The van der Waals surface area contributed by atoms with Crippen molar-refractivity contribution in [3.05, 3.63) is 86.8 Å². The molecular formula is C27H30BrFN4O2S. The van der Waals surface area contributed by atoms with Crippen LogP contribution in [0.1, 0.15) is 23.3 Å². The lowest BCUT2D eigenvalue weighted by Gasteiger charge is -2.29. The van der Waals surface area contributed by atoms with Crippen molar-refractivity contribution in [1.82, 2.24) is 14.7 Å². The van der Waals surface area contributed by atoms with Crippen molar-refractivity contribution >= 4 is 44.9 Å². The molecule has 0 bridgehead atoms. The number of nitrogens with zero attached hydrogens (tertiary/aromatic N) is 3. The van der Waals surface area contributed by atoms with Gasteiger partial charge >= 0.3 is 6.03 Å². The van der Waals surface area contributed by atoms with Crippen LogP contribution in [0, 0.1) is 5.82 Å². The number of carbonyl (C=O) groups excluding carboxylic acids is 2. The van der Waals surface area contributed by atoms with Crippen molar-refractivity contribution in [1.29, 1.82) is 0 Å². The number of amides is 3. The Balaban J connectivity index is 1.49. The second kappa shape index (κ2) is 13.0. The van der Waals surface area contributed by atoms with E-state index in [1.54, 1.807) is 33.3 Å². The zero-order chi connectivity index (χ0) is 25.3. The number of benzene rings is 2. The first kappa shape index (κ1) is 26.3. The van der Waals surface area contributed by atoms with Gasteiger partial charge in [-0.1, -0.05) is 30.3 Å². The Morgan fingerprint density at radius 3 is 2.42 bits per heavy atom. The average Bonchev–Trinajstić information content (AvgIpc) is 3.58. The molecule has 3 aromatic rings. The molecule has 190 valence electrons. The number of carbonyl (C=O) groups is 2. The first-order valence-electron chi connectivity index (χ1n) is 12.1. The number of hydrogen-bond donors (Lipinski definition) is 1. The summed E-state index contributed by atoms with van der Waals surface area (Å²) >= 11 is 5.05. The quantitative estimate of drug-likeness (QED) is 0.333. The number of thiophene rings is 1. The molecule has 0 radical (unpaired) electrons. The van der Waals surface area contributed by atoms with Gasteiger partial charge in [0.25, 0.3) is 0 Å². The molecule has 1 saturated heterocycles. The molecule has 0 spiro atoms. The first-order chi connectivity index (χ1) is 17.5. The monoisotopic (exact) mass is 572 g/mol. The highest BCUT2D eigenvalue weighted by molar-refractivity contribution is 9.10. The lowest BCUT2D eigenvalue weighted by atomic mass is 10.2. The molecule has 0 saturated carbocycles. The predicted molar refractivity (Wildman–Crippen MR) is 145 cm³/mol. The van der Waals surface area contributed by atoms with Crippen molar-refractivity contribution in [3.63, 3.8) is 0 Å². The van der Waals surface area contributed by atoms with Crippen molar-refractivity contribution in [3.8, 4) is 0 Å². The minimum atomic E-state index is -0.313. The van der Waals surface area contributed by atoms with Crippen LogP contribution in [0.4, 0.5) is 14.9 Å². The molecule has 0 unspecified atom stereocenters. The lowest BCUT2D eigenvalue weighted by molar-refractivity contribution is -0.133. The van der Waals surface area contributed by atoms with Crippen LogP contribution in [0.3, 0.4) is 0 Å². The summed E-state index contributed by atoms with van der Waals surface area (Å²) in [4.78, 5) is 33.6. The number of nitrogens with one attached hydrogen (secondary N) is 1. The molecule has 1 aliphatic heterocycles. The van der Waals surface area contributed by atoms with Crippen molar-refractivity contribution in [2.24, 2.45) is 0 Å². The Hall–Kier alpha value is -2.75. The van der Waals surface area contributed by atoms with Crippen molar-refractivity contribution < 1.29 is 14.0 Å². The highest BCUT2D eigenvalue weighted by Crippen LogP contribution is 2.22. The maximum atomic E-state index is 13.6. The highest BCUT2D eigenvalue weighted by Gasteiger charge is 2.24. The number of likely N-dealkylation sites (tertiary alicyclic amines) is 1. The molecule has 0 aliphatic carbocycles. The van der Waals surface area contributed by atoms with E-state index in [-0.39, 0.29) is 24.3 Å². The maximum Gasteiger partial charge on any atom is 0.322 e. The molecule has 1 aliphatic rings. The van der Waals surface area contributed by atoms with Crippen LogP contribution in [0.25, 0.3) is 0 Å². The van der Waals surface area contributed by atoms with E-state index in [0.717, 1.165) is 47.4 Å². The SMILES string of the molecule is O=C(CN(CCN1CCCC1)C(=O)Nc1ccccc1Br)N(Cc1ccc(F)cc1)Cc1cccs1. The molecule has 1 fully saturated rings. The molecule has 1 aromatic heterocycles. The van der Waals surface area contributed by atoms with E-state index in [1.165, 1.54) is 12.1 Å². The first-order valence-corrected chi connectivity index (χ1v) is 13.7. The molecule has 6 nitrogen and oxygen atoms in total. The third-order valence-electron chi connectivity index (χ3n) is 6.18. The standard InChI is InChI=1S/C27H30BrFN4O2S/c28-24-7-1-2-8-25(24)30-27(35)32(16-15-31-13-3-4-14-31)20-26(34)33(19-23-6-5-17-36-23)18-21-9-11-22(29)12-10-21/h1-2,5-12,17H,3-4,13-16,18-20H2,(H,30,35). The molecular weight excluding hydrogens is 543 g/mol. The van der Waals surface area contributed by atoms with Gasteiger partial charge in [0, 0.05) is 29.0 Å². The third-order valence-corrected chi connectivity index (χ3v) is 7.73.